The lowest BCUT2D eigenvalue weighted by atomic mass is 9.90. The summed E-state index contributed by atoms with van der Waals surface area (Å²) >= 11 is 0. The molecule has 0 saturated carbocycles. The number of rotatable bonds is 1. The largest absolute Gasteiger partial charge is 0.417 e. The fourth-order valence-corrected chi connectivity index (χ4v) is 4.31. The van der Waals surface area contributed by atoms with E-state index in [1.54, 1.807) is 9.80 Å². The van der Waals surface area contributed by atoms with E-state index in [4.69, 9.17) is 4.74 Å². The number of halogens is 3. The predicted octanol–water partition coefficient (Wildman–Crippen LogP) is 1.99. The van der Waals surface area contributed by atoms with Gasteiger partial charge in [0.15, 0.2) is 0 Å². The molecule has 1 N–H and O–H groups in total. The number of nitrogens with zero attached hydrogens (tertiary/aromatic N) is 3. The van der Waals surface area contributed by atoms with E-state index in [9.17, 15) is 22.8 Å². The maximum Gasteiger partial charge on any atom is 0.417 e. The van der Waals surface area contributed by atoms with Crippen molar-refractivity contribution in [3.8, 4) is 0 Å². The first-order valence-electron chi connectivity index (χ1n) is 9.78. The Labute approximate surface area is 166 Å². The van der Waals surface area contributed by atoms with Crippen molar-refractivity contribution in [3.63, 3.8) is 0 Å². The second-order valence-corrected chi connectivity index (χ2v) is 7.81. The average Bonchev–Trinajstić information content (AvgIpc) is 2.72. The second-order valence-electron chi connectivity index (χ2n) is 7.81. The molecule has 0 bridgehead atoms. The zero-order chi connectivity index (χ0) is 20.6. The average molecular weight is 412 g/mol. The predicted molar refractivity (Wildman–Crippen MR) is 96.0 cm³/mol. The Morgan fingerprint density at radius 2 is 1.86 bits per heavy atom. The summed E-state index contributed by atoms with van der Waals surface area (Å²) in [6.45, 7) is 1.99. The number of pyridine rings is 1. The van der Waals surface area contributed by atoms with Crippen LogP contribution in [0.25, 0.3) is 0 Å². The van der Waals surface area contributed by atoms with Gasteiger partial charge in [-0.1, -0.05) is 0 Å². The molecular weight excluding hydrogens is 389 g/mol. The Balaban J connectivity index is 1.34. The summed E-state index contributed by atoms with van der Waals surface area (Å²) in [4.78, 5) is 31.6. The van der Waals surface area contributed by atoms with Gasteiger partial charge in [0.1, 0.15) is 6.61 Å². The summed E-state index contributed by atoms with van der Waals surface area (Å²) in [6.07, 6.45) is -0.306. The fraction of sp³-hybridized carbons (Fsp3) is 0.632. The summed E-state index contributed by atoms with van der Waals surface area (Å²) in [6, 6.07) is 0.873. The summed E-state index contributed by atoms with van der Waals surface area (Å²) in [5.41, 5.74) is -0.178. The highest BCUT2D eigenvalue weighted by Crippen LogP contribution is 2.33. The van der Waals surface area contributed by atoms with E-state index >= 15 is 0 Å². The van der Waals surface area contributed by atoms with Gasteiger partial charge in [-0.05, 0) is 36.8 Å². The van der Waals surface area contributed by atoms with E-state index in [-0.39, 0.29) is 36.6 Å². The van der Waals surface area contributed by atoms with E-state index in [0.717, 1.165) is 12.3 Å². The van der Waals surface area contributed by atoms with E-state index in [1.165, 1.54) is 6.20 Å². The quantitative estimate of drug-likeness (QED) is 0.766. The van der Waals surface area contributed by atoms with Gasteiger partial charge in [-0.2, -0.15) is 13.2 Å². The number of hydrogen-bond donors (Lipinski definition) is 1. The van der Waals surface area contributed by atoms with Gasteiger partial charge in [-0.3, -0.25) is 9.78 Å². The Morgan fingerprint density at radius 3 is 2.59 bits per heavy atom. The number of ether oxygens (including phenoxy) is 1. The van der Waals surface area contributed by atoms with E-state index < -0.39 is 11.7 Å². The Hall–Kier alpha value is -2.36. The number of fused-ring (bicyclic) bond motifs is 1. The van der Waals surface area contributed by atoms with Crippen molar-refractivity contribution in [1.29, 1.82) is 0 Å². The molecule has 3 amide bonds. The number of piperidine rings is 2. The number of hydrogen-bond acceptors (Lipinski definition) is 4. The van der Waals surface area contributed by atoms with Crippen molar-refractivity contribution in [2.24, 2.45) is 0 Å². The molecule has 3 fully saturated rings. The Bertz CT molecular complexity index is 780. The third-order valence-corrected chi connectivity index (χ3v) is 5.92. The molecule has 0 aliphatic carbocycles. The zero-order valence-electron chi connectivity index (χ0n) is 15.8. The lowest BCUT2D eigenvalue weighted by molar-refractivity contribution is -0.140. The van der Waals surface area contributed by atoms with Crippen molar-refractivity contribution in [2.45, 2.75) is 43.5 Å². The fourth-order valence-electron chi connectivity index (χ4n) is 4.31. The number of likely N-dealkylation sites (tertiary alicyclic amines) is 2. The normalized spacial score (nSPS) is 26.1. The molecule has 4 heterocycles. The molecule has 4 rings (SSSR count). The van der Waals surface area contributed by atoms with Crippen LogP contribution < -0.4 is 5.32 Å². The third kappa shape index (κ3) is 4.31. The smallest absolute Gasteiger partial charge is 0.366 e. The second kappa shape index (κ2) is 7.81. The third-order valence-electron chi connectivity index (χ3n) is 5.92. The molecule has 0 radical (unpaired) electrons. The molecule has 158 valence electrons. The molecule has 3 aliphatic rings. The maximum absolute atomic E-state index is 12.9. The molecule has 3 aliphatic heterocycles. The molecule has 2 atom stereocenters. The minimum atomic E-state index is -4.41. The van der Waals surface area contributed by atoms with Crippen LogP contribution in [-0.4, -0.2) is 71.7 Å². The summed E-state index contributed by atoms with van der Waals surface area (Å²) in [5, 5.41) is 2.88. The molecule has 29 heavy (non-hydrogen) atoms. The van der Waals surface area contributed by atoms with Gasteiger partial charge in [0.25, 0.3) is 0 Å². The molecule has 1 aromatic heterocycles. The minimum absolute atomic E-state index is 0.0504. The molecule has 3 saturated heterocycles. The highest BCUT2D eigenvalue weighted by atomic mass is 19.4. The van der Waals surface area contributed by atoms with Gasteiger partial charge >= 0.3 is 12.2 Å². The molecule has 7 nitrogen and oxygen atoms in total. The number of morpholine rings is 1. The summed E-state index contributed by atoms with van der Waals surface area (Å²) in [7, 11) is 0. The van der Waals surface area contributed by atoms with Crippen molar-refractivity contribution in [1.82, 2.24) is 20.1 Å². The van der Waals surface area contributed by atoms with Gasteiger partial charge in [0.05, 0.1) is 17.7 Å². The minimum Gasteiger partial charge on any atom is -0.366 e. The molecule has 0 spiro atoms. The van der Waals surface area contributed by atoms with Crippen molar-refractivity contribution in [3.05, 3.63) is 29.6 Å². The molecule has 1 aromatic rings. The van der Waals surface area contributed by atoms with Gasteiger partial charge < -0.3 is 19.9 Å². The standard InChI is InChI=1S/C19H23F3N4O3/c20-19(21,22)14-7-13(8-23-9-14)12-1-4-25(5-2-12)18(28)26-6-3-16-15(10-26)24-17(27)11-29-16/h7-9,12,15-16H,1-6,10-11H2,(H,24,27). The van der Waals surface area contributed by atoms with Crippen LogP contribution in [0.5, 0.6) is 0 Å². The van der Waals surface area contributed by atoms with Crippen LogP contribution in [0.1, 0.15) is 36.3 Å². The van der Waals surface area contributed by atoms with Crippen LogP contribution in [0, 0.1) is 0 Å². The summed E-state index contributed by atoms with van der Waals surface area (Å²) < 4.78 is 44.3. The monoisotopic (exact) mass is 412 g/mol. The first-order chi connectivity index (χ1) is 13.8. The van der Waals surface area contributed by atoms with Crippen LogP contribution >= 0.6 is 0 Å². The van der Waals surface area contributed by atoms with Crippen LogP contribution in [0.2, 0.25) is 0 Å². The summed E-state index contributed by atoms with van der Waals surface area (Å²) in [5.74, 6) is -0.221. The van der Waals surface area contributed by atoms with Gasteiger partial charge in [0.2, 0.25) is 5.91 Å². The zero-order valence-corrected chi connectivity index (χ0v) is 15.8. The topological polar surface area (TPSA) is 74.8 Å². The highest BCUT2D eigenvalue weighted by Gasteiger charge is 2.38. The van der Waals surface area contributed by atoms with Crippen LogP contribution in [0.3, 0.4) is 0 Å². The number of carbonyl (C=O) groups excluding carboxylic acids is 2. The molecular formula is C19H23F3N4O3. The van der Waals surface area contributed by atoms with Crippen LogP contribution in [0.4, 0.5) is 18.0 Å². The number of urea groups is 1. The first kappa shape index (κ1) is 19.9. The Morgan fingerprint density at radius 1 is 1.14 bits per heavy atom. The number of carbonyl (C=O) groups is 2. The van der Waals surface area contributed by atoms with Gasteiger partial charge in [-0.25, -0.2) is 4.79 Å². The molecule has 0 aromatic carbocycles. The van der Waals surface area contributed by atoms with E-state index in [2.05, 4.69) is 10.3 Å². The number of nitrogens with one attached hydrogen (secondary N) is 1. The van der Waals surface area contributed by atoms with Gasteiger partial charge in [-0.15, -0.1) is 0 Å². The SMILES string of the molecule is O=C1COC2CCN(C(=O)N3CCC(c4cncc(C(F)(F)F)c4)CC3)CC2N1. The maximum atomic E-state index is 12.9. The lowest BCUT2D eigenvalue weighted by Gasteiger charge is -2.43. The van der Waals surface area contributed by atoms with E-state index in [1.807, 2.05) is 0 Å². The van der Waals surface area contributed by atoms with E-state index in [0.29, 0.717) is 51.0 Å². The van der Waals surface area contributed by atoms with Gasteiger partial charge in [0, 0.05) is 38.6 Å². The van der Waals surface area contributed by atoms with Crippen LogP contribution in [0.15, 0.2) is 18.5 Å². The molecule has 10 heteroatoms. The van der Waals surface area contributed by atoms with Crippen molar-refractivity contribution >= 4 is 11.9 Å². The number of amides is 3. The highest BCUT2D eigenvalue weighted by molar-refractivity contribution is 5.79. The van der Waals surface area contributed by atoms with Crippen LogP contribution in [-0.2, 0) is 15.7 Å². The van der Waals surface area contributed by atoms with Crippen molar-refractivity contribution < 1.29 is 27.5 Å². The molecule has 2 unspecified atom stereocenters. The van der Waals surface area contributed by atoms with Crippen molar-refractivity contribution in [2.75, 3.05) is 32.8 Å². The number of alkyl halides is 3. The number of aromatic nitrogens is 1. The lowest BCUT2D eigenvalue weighted by Crippen LogP contribution is -2.62. The Kier molecular flexibility index (Phi) is 5.37. The first-order valence-corrected chi connectivity index (χ1v) is 9.78.